The summed E-state index contributed by atoms with van der Waals surface area (Å²) in [6, 6.07) is 2.83. The molecule has 0 aliphatic carbocycles. The van der Waals surface area contributed by atoms with E-state index >= 15 is 0 Å². The predicted molar refractivity (Wildman–Crippen MR) is 79.5 cm³/mol. The number of hydrogen-bond donors (Lipinski definition) is 2. The van der Waals surface area contributed by atoms with Gasteiger partial charge in [-0.05, 0) is 44.0 Å². The second-order valence-electron chi connectivity index (χ2n) is 5.98. The summed E-state index contributed by atoms with van der Waals surface area (Å²) >= 11 is 0. The van der Waals surface area contributed by atoms with Crippen LogP contribution in [0.1, 0.15) is 12.5 Å². The zero-order valence-corrected chi connectivity index (χ0v) is 12.2. The first-order chi connectivity index (χ1) is 10.6. The maximum absolute atomic E-state index is 14.3. The fourth-order valence-corrected chi connectivity index (χ4v) is 3.05. The van der Waals surface area contributed by atoms with Crippen LogP contribution >= 0.6 is 0 Å². The van der Waals surface area contributed by atoms with Crippen molar-refractivity contribution in [2.24, 2.45) is 11.0 Å². The molecule has 0 bridgehead atoms. The van der Waals surface area contributed by atoms with Crippen molar-refractivity contribution in [1.82, 2.24) is 10.7 Å². The Labute approximate surface area is 127 Å². The highest BCUT2D eigenvalue weighted by Crippen LogP contribution is 2.37. The number of rotatable bonds is 2. The summed E-state index contributed by atoms with van der Waals surface area (Å²) in [6.45, 7) is 3.87. The van der Waals surface area contributed by atoms with Crippen LogP contribution in [0.15, 0.2) is 17.2 Å². The summed E-state index contributed by atoms with van der Waals surface area (Å²) in [7, 11) is 0. The van der Waals surface area contributed by atoms with Gasteiger partial charge >= 0.3 is 0 Å². The highest BCUT2D eigenvalue weighted by Gasteiger charge is 2.36. The number of nitrogens with zero attached hydrogens (tertiary/aromatic N) is 2. The van der Waals surface area contributed by atoms with Crippen molar-refractivity contribution in [2.45, 2.75) is 19.4 Å². The molecule has 1 aromatic rings. The first-order valence-corrected chi connectivity index (χ1v) is 7.45. The van der Waals surface area contributed by atoms with Crippen molar-refractivity contribution in [1.29, 1.82) is 0 Å². The molecule has 22 heavy (non-hydrogen) atoms. The highest BCUT2D eigenvalue weighted by atomic mass is 19.1. The summed E-state index contributed by atoms with van der Waals surface area (Å²) in [5.74, 6) is 1.15. The summed E-state index contributed by atoms with van der Waals surface area (Å²) in [4.78, 5) is 13.7. The zero-order valence-electron chi connectivity index (χ0n) is 12.2. The molecule has 0 saturated carbocycles. The number of carbonyl (C=O) groups excluding carboxylic acids is 1. The third-order valence-corrected chi connectivity index (χ3v) is 4.46. The molecule has 1 atom stereocenters. The molecule has 4 rings (SSSR count). The zero-order chi connectivity index (χ0) is 15.3. The third kappa shape index (κ3) is 2.04. The third-order valence-electron chi connectivity index (χ3n) is 4.46. The lowest BCUT2D eigenvalue weighted by Crippen LogP contribution is -2.55. The number of fused-ring (bicyclic) bond motifs is 3. The van der Waals surface area contributed by atoms with Gasteiger partial charge in [0.15, 0.2) is 5.84 Å². The van der Waals surface area contributed by atoms with Gasteiger partial charge in [0.2, 0.25) is 0 Å². The molecule has 3 aliphatic rings. The van der Waals surface area contributed by atoms with Gasteiger partial charge in [-0.15, -0.1) is 0 Å². The second-order valence-corrected chi connectivity index (χ2v) is 5.98. The monoisotopic (exact) mass is 304 g/mol. The molecule has 1 saturated heterocycles. The number of amides is 1. The van der Waals surface area contributed by atoms with Crippen LogP contribution in [0.25, 0.3) is 0 Å². The Morgan fingerprint density at radius 3 is 3.00 bits per heavy atom. The van der Waals surface area contributed by atoms with E-state index in [1.807, 2.05) is 4.90 Å². The van der Waals surface area contributed by atoms with E-state index in [1.54, 1.807) is 13.0 Å². The molecule has 3 aliphatic heterocycles. The van der Waals surface area contributed by atoms with E-state index in [4.69, 9.17) is 4.74 Å². The minimum Gasteiger partial charge on any atom is -0.483 e. The summed E-state index contributed by atoms with van der Waals surface area (Å²) in [5.41, 5.74) is 3.86. The Bertz CT molecular complexity index is 672. The van der Waals surface area contributed by atoms with Gasteiger partial charge in [0.05, 0.1) is 5.69 Å². The molecule has 1 fully saturated rings. The number of carbonyl (C=O) groups is 1. The average Bonchev–Trinajstić information content (AvgIpc) is 2.46. The average molecular weight is 304 g/mol. The molecular weight excluding hydrogens is 287 g/mol. The van der Waals surface area contributed by atoms with E-state index < -0.39 is 0 Å². The van der Waals surface area contributed by atoms with Crippen molar-refractivity contribution in [2.75, 3.05) is 24.6 Å². The molecule has 0 radical (unpaired) electrons. The first kappa shape index (κ1) is 13.5. The van der Waals surface area contributed by atoms with Gasteiger partial charge in [-0.1, -0.05) is 0 Å². The minimum absolute atomic E-state index is 0.175. The summed E-state index contributed by atoms with van der Waals surface area (Å²) in [5, 5.41) is 7.23. The van der Waals surface area contributed by atoms with E-state index in [-0.39, 0.29) is 24.4 Å². The maximum atomic E-state index is 14.3. The van der Waals surface area contributed by atoms with Crippen LogP contribution in [-0.4, -0.2) is 37.5 Å². The van der Waals surface area contributed by atoms with Crippen molar-refractivity contribution in [3.8, 4) is 5.75 Å². The number of benzene rings is 1. The van der Waals surface area contributed by atoms with Gasteiger partial charge in [-0.25, -0.2) is 9.82 Å². The van der Waals surface area contributed by atoms with Gasteiger partial charge in [-0.2, -0.15) is 5.10 Å². The Morgan fingerprint density at radius 2 is 2.27 bits per heavy atom. The van der Waals surface area contributed by atoms with E-state index in [0.29, 0.717) is 29.5 Å². The van der Waals surface area contributed by atoms with Crippen LogP contribution in [0, 0.1) is 11.7 Å². The van der Waals surface area contributed by atoms with Gasteiger partial charge in [0, 0.05) is 6.07 Å². The highest BCUT2D eigenvalue weighted by molar-refractivity contribution is 6.09. The van der Waals surface area contributed by atoms with E-state index in [9.17, 15) is 9.18 Å². The lowest BCUT2D eigenvalue weighted by Gasteiger charge is -2.38. The van der Waals surface area contributed by atoms with Crippen molar-refractivity contribution < 1.29 is 13.9 Å². The molecule has 6 nitrogen and oxygen atoms in total. The number of amidine groups is 1. The van der Waals surface area contributed by atoms with Crippen LogP contribution in [0.5, 0.6) is 5.75 Å². The van der Waals surface area contributed by atoms with Crippen LogP contribution in [0.2, 0.25) is 0 Å². The van der Waals surface area contributed by atoms with Crippen LogP contribution in [0.3, 0.4) is 0 Å². The van der Waals surface area contributed by atoms with Crippen LogP contribution < -0.4 is 20.4 Å². The smallest absolute Gasteiger partial charge is 0.262 e. The Hall–Kier alpha value is -2.15. The fraction of sp³-hybridized carbons (Fsp3) is 0.467. The number of hydrazone groups is 1. The molecule has 1 amide bonds. The topological polar surface area (TPSA) is 66.0 Å². The lowest BCUT2D eigenvalue weighted by molar-refractivity contribution is -0.122. The largest absolute Gasteiger partial charge is 0.483 e. The Kier molecular flexibility index (Phi) is 3.04. The normalized spacial score (nSPS) is 23.7. The molecule has 0 spiro atoms. The molecule has 0 unspecified atom stereocenters. The number of halogens is 1. The molecule has 116 valence electrons. The SMILES string of the molecule is C[C@H]1C(=O)NN=C2COc3cc(F)c(CC4CNC4)cc3N21. The quantitative estimate of drug-likeness (QED) is 0.840. The molecule has 1 aromatic carbocycles. The molecule has 7 heteroatoms. The molecular formula is C15H17FN4O2. The first-order valence-electron chi connectivity index (χ1n) is 7.45. The van der Waals surface area contributed by atoms with E-state index in [1.165, 1.54) is 6.07 Å². The fourth-order valence-electron chi connectivity index (χ4n) is 3.05. The van der Waals surface area contributed by atoms with Crippen LogP contribution in [0.4, 0.5) is 10.1 Å². The lowest BCUT2D eigenvalue weighted by atomic mass is 9.93. The summed E-state index contributed by atoms with van der Waals surface area (Å²) in [6.07, 6.45) is 0.688. The Balaban J connectivity index is 1.74. The number of ether oxygens (including phenoxy) is 1. The number of hydrogen-bond acceptors (Lipinski definition) is 5. The van der Waals surface area contributed by atoms with Crippen molar-refractivity contribution >= 4 is 17.4 Å². The molecule has 0 aromatic heterocycles. The number of nitrogens with one attached hydrogen (secondary N) is 2. The second kappa shape index (κ2) is 4.95. The van der Waals surface area contributed by atoms with Gasteiger partial charge in [0.25, 0.3) is 5.91 Å². The van der Waals surface area contributed by atoms with Crippen molar-refractivity contribution in [3.63, 3.8) is 0 Å². The standard InChI is InChI=1S/C15H17FN4O2/c1-8-15(21)19-18-14-7-22-13-4-11(16)10(2-9-5-17-6-9)3-12(13)20(8)14/h3-4,8-9,17H,2,5-7H2,1H3,(H,19,21)/t8-/m0/s1. The predicted octanol–water partition coefficient (Wildman–Crippen LogP) is 0.618. The maximum Gasteiger partial charge on any atom is 0.262 e. The van der Waals surface area contributed by atoms with Crippen LogP contribution in [-0.2, 0) is 11.2 Å². The summed E-state index contributed by atoms with van der Waals surface area (Å²) < 4.78 is 19.8. The van der Waals surface area contributed by atoms with Gasteiger partial charge in [0.1, 0.15) is 24.2 Å². The van der Waals surface area contributed by atoms with Crippen molar-refractivity contribution in [3.05, 3.63) is 23.5 Å². The van der Waals surface area contributed by atoms with E-state index in [0.717, 1.165) is 18.8 Å². The van der Waals surface area contributed by atoms with Gasteiger partial charge in [-0.3, -0.25) is 4.79 Å². The Morgan fingerprint density at radius 1 is 1.45 bits per heavy atom. The van der Waals surface area contributed by atoms with Gasteiger partial charge < -0.3 is 15.0 Å². The number of anilines is 1. The van der Waals surface area contributed by atoms with E-state index in [2.05, 4.69) is 15.8 Å². The molecule has 2 N–H and O–H groups in total. The minimum atomic E-state index is -0.390. The molecule has 3 heterocycles.